The maximum Gasteiger partial charge on any atom is 0.243 e. The van der Waals surface area contributed by atoms with Crippen LogP contribution in [0.5, 0.6) is 0 Å². The first kappa shape index (κ1) is 16.5. The minimum atomic E-state index is -3.33. The summed E-state index contributed by atoms with van der Waals surface area (Å²) in [5.41, 5.74) is 1.17. The zero-order chi connectivity index (χ0) is 15.5. The van der Waals surface area contributed by atoms with Gasteiger partial charge in [-0.15, -0.1) is 0 Å². The number of hydrogen-bond acceptors (Lipinski definition) is 3. The molecule has 5 heteroatoms. The molecule has 21 heavy (non-hydrogen) atoms. The average molecular weight is 310 g/mol. The Morgan fingerprint density at radius 3 is 2.24 bits per heavy atom. The van der Waals surface area contributed by atoms with Crippen LogP contribution in [0.2, 0.25) is 0 Å². The van der Waals surface area contributed by atoms with E-state index in [4.69, 9.17) is 0 Å². The van der Waals surface area contributed by atoms with E-state index >= 15 is 0 Å². The number of piperidine rings is 1. The highest BCUT2D eigenvalue weighted by atomic mass is 32.2. The minimum Gasteiger partial charge on any atom is -0.319 e. The van der Waals surface area contributed by atoms with Gasteiger partial charge in [0.2, 0.25) is 10.0 Å². The summed E-state index contributed by atoms with van der Waals surface area (Å²) in [6, 6.07) is 7.32. The number of hydrogen-bond donors (Lipinski definition) is 1. The first-order valence-corrected chi connectivity index (χ1v) is 9.14. The number of nitrogens with zero attached hydrogens (tertiary/aromatic N) is 1. The van der Waals surface area contributed by atoms with Crippen molar-refractivity contribution >= 4 is 10.0 Å². The van der Waals surface area contributed by atoms with E-state index in [1.54, 1.807) is 16.4 Å². The molecule has 4 nitrogen and oxygen atoms in total. The van der Waals surface area contributed by atoms with Gasteiger partial charge in [0.15, 0.2) is 0 Å². The van der Waals surface area contributed by atoms with Crippen LogP contribution >= 0.6 is 0 Å². The van der Waals surface area contributed by atoms with Gasteiger partial charge in [0.05, 0.1) is 4.90 Å². The molecule has 2 rings (SSSR count). The van der Waals surface area contributed by atoms with Gasteiger partial charge in [-0.1, -0.05) is 26.0 Å². The van der Waals surface area contributed by atoms with Crippen LogP contribution in [0.4, 0.5) is 0 Å². The summed E-state index contributed by atoms with van der Waals surface area (Å²) in [6.07, 6.45) is 1.87. The summed E-state index contributed by atoms with van der Waals surface area (Å²) in [7, 11) is -1.39. The minimum absolute atomic E-state index is 0.416. The van der Waals surface area contributed by atoms with Crippen LogP contribution in [0.3, 0.4) is 0 Å². The zero-order valence-corrected chi connectivity index (χ0v) is 14.0. The maximum atomic E-state index is 12.6. The molecule has 1 aromatic carbocycles. The molecule has 1 aromatic rings. The van der Waals surface area contributed by atoms with Crippen molar-refractivity contribution in [3.63, 3.8) is 0 Å². The summed E-state index contributed by atoms with van der Waals surface area (Å²) in [6.45, 7) is 6.43. The molecule has 1 aliphatic rings. The third-order valence-corrected chi connectivity index (χ3v) is 6.16. The standard InChI is InChI=1S/C16H26N2O2S/c1-13(2)15-4-6-16(7-5-15)21(19,20)18-10-8-14(9-11-18)12-17-3/h4-7,13-14,17H,8-12H2,1-3H3. The molecule has 0 saturated carbocycles. The fraction of sp³-hybridized carbons (Fsp3) is 0.625. The normalized spacial score (nSPS) is 18.3. The molecule has 0 bridgehead atoms. The SMILES string of the molecule is CNCC1CCN(S(=O)(=O)c2ccc(C(C)C)cc2)CC1. The third-order valence-electron chi connectivity index (χ3n) is 4.25. The Labute approximate surface area is 128 Å². The van der Waals surface area contributed by atoms with Gasteiger partial charge < -0.3 is 5.32 Å². The Bertz CT molecular complexity index is 544. The van der Waals surface area contributed by atoms with E-state index in [1.807, 2.05) is 19.2 Å². The molecule has 0 aromatic heterocycles. The van der Waals surface area contributed by atoms with E-state index in [0.717, 1.165) is 19.4 Å². The molecule has 1 heterocycles. The zero-order valence-electron chi connectivity index (χ0n) is 13.2. The van der Waals surface area contributed by atoms with E-state index in [9.17, 15) is 8.42 Å². The number of rotatable bonds is 5. The molecule has 1 fully saturated rings. The second-order valence-corrected chi connectivity index (χ2v) is 8.07. The summed E-state index contributed by atoms with van der Waals surface area (Å²) in [4.78, 5) is 0.416. The van der Waals surface area contributed by atoms with Gasteiger partial charge in [-0.2, -0.15) is 4.31 Å². The predicted octanol–water partition coefficient (Wildman–Crippen LogP) is 2.43. The van der Waals surface area contributed by atoms with E-state index < -0.39 is 10.0 Å². The van der Waals surface area contributed by atoms with Crippen molar-refractivity contribution in [2.75, 3.05) is 26.7 Å². The van der Waals surface area contributed by atoms with Gasteiger partial charge >= 0.3 is 0 Å². The molecule has 0 radical (unpaired) electrons. The van der Waals surface area contributed by atoms with Crippen LogP contribution in [0.25, 0.3) is 0 Å². The highest BCUT2D eigenvalue weighted by Crippen LogP contribution is 2.24. The van der Waals surface area contributed by atoms with Crippen LogP contribution in [0, 0.1) is 5.92 Å². The highest BCUT2D eigenvalue weighted by molar-refractivity contribution is 7.89. The van der Waals surface area contributed by atoms with Crippen molar-refractivity contribution < 1.29 is 8.42 Å². The number of benzene rings is 1. The van der Waals surface area contributed by atoms with Crippen molar-refractivity contribution in [2.24, 2.45) is 5.92 Å². The van der Waals surface area contributed by atoms with E-state index in [1.165, 1.54) is 5.56 Å². The lowest BCUT2D eigenvalue weighted by atomic mass is 9.98. The fourth-order valence-electron chi connectivity index (χ4n) is 2.82. The summed E-state index contributed by atoms with van der Waals surface area (Å²) in [5, 5.41) is 3.17. The second kappa shape index (κ2) is 6.90. The molecule has 118 valence electrons. The van der Waals surface area contributed by atoms with Gasteiger partial charge in [0, 0.05) is 13.1 Å². The Morgan fingerprint density at radius 1 is 1.19 bits per heavy atom. The first-order valence-electron chi connectivity index (χ1n) is 7.70. The molecular formula is C16H26N2O2S. The van der Waals surface area contributed by atoms with Crippen molar-refractivity contribution in [1.29, 1.82) is 0 Å². The molecule has 0 unspecified atom stereocenters. The molecule has 0 atom stereocenters. The summed E-state index contributed by atoms with van der Waals surface area (Å²) < 4.78 is 26.9. The third kappa shape index (κ3) is 3.84. The largest absolute Gasteiger partial charge is 0.319 e. The summed E-state index contributed by atoms with van der Waals surface area (Å²) >= 11 is 0. The van der Waals surface area contributed by atoms with Crippen LogP contribution in [0.1, 0.15) is 38.2 Å². The van der Waals surface area contributed by atoms with Crippen LogP contribution in [-0.2, 0) is 10.0 Å². The molecule has 1 saturated heterocycles. The Kier molecular flexibility index (Phi) is 5.41. The second-order valence-electron chi connectivity index (χ2n) is 6.13. The van der Waals surface area contributed by atoms with Gasteiger partial charge in [-0.3, -0.25) is 0 Å². The van der Waals surface area contributed by atoms with Gasteiger partial charge in [-0.25, -0.2) is 8.42 Å². The molecule has 0 spiro atoms. The predicted molar refractivity (Wildman–Crippen MR) is 85.9 cm³/mol. The van der Waals surface area contributed by atoms with Crippen molar-refractivity contribution in [3.8, 4) is 0 Å². The topological polar surface area (TPSA) is 49.4 Å². The smallest absolute Gasteiger partial charge is 0.243 e. The molecule has 1 N–H and O–H groups in total. The average Bonchev–Trinajstić information content (AvgIpc) is 2.48. The fourth-order valence-corrected chi connectivity index (χ4v) is 4.29. The quantitative estimate of drug-likeness (QED) is 0.909. The van der Waals surface area contributed by atoms with Gasteiger partial charge in [0.1, 0.15) is 0 Å². The lowest BCUT2D eigenvalue weighted by Gasteiger charge is -2.31. The molecular weight excluding hydrogens is 284 g/mol. The van der Waals surface area contributed by atoms with Crippen molar-refractivity contribution in [3.05, 3.63) is 29.8 Å². The molecule has 0 amide bonds. The Hall–Kier alpha value is -0.910. The Balaban J connectivity index is 2.08. The first-order chi connectivity index (χ1) is 9.95. The number of sulfonamides is 1. The Morgan fingerprint density at radius 2 is 1.76 bits per heavy atom. The van der Waals surface area contributed by atoms with Gasteiger partial charge in [-0.05, 0) is 56.0 Å². The lowest BCUT2D eigenvalue weighted by molar-refractivity contribution is 0.270. The monoisotopic (exact) mass is 310 g/mol. The highest BCUT2D eigenvalue weighted by Gasteiger charge is 2.29. The van der Waals surface area contributed by atoms with E-state index in [0.29, 0.717) is 29.8 Å². The van der Waals surface area contributed by atoms with Crippen molar-refractivity contribution in [1.82, 2.24) is 9.62 Å². The van der Waals surface area contributed by atoms with E-state index in [-0.39, 0.29) is 0 Å². The van der Waals surface area contributed by atoms with Crippen molar-refractivity contribution in [2.45, 2.75) is 37.5 Å². The van der Waals surface area contributed by atoms with Crippen LogP contribution in [0.15, 0.2) is 29.2 Å². The van der Waals surface area contributed by atoms with Crippen LogP contribution < -0.4 is 5.32 Å². The lowest BCUT2D eigenvalue weighted by Crippen LogP contribution is -2.40. The molecule has 1 aliphatic heterocycles. The van der Waals surface area contributed by atoms with Crippen LogP contribution in [-0.4, -0.2) is 39.4 Å². The number of nitrogens with one attached hydrogen (secondary N) is 1. The maximum absolute atomic E-state index is 12.6. The van der Waals surface area contributed by atoms with E-state index in [2.05, 4.69) is 19.2 Å². The summed E-state index contributed by atoms with van der Waals surface area (Å²) in [5.74, 6) is 1.00. The molecule has 0 aliphatic carbocycles. The van der Waals surface area contributed by atoms with Gasteiger partial charge in [0.25, 0.3) is 0 Å².